The van der Waals surface area contributed by atoms with E-state index in [1.807, 2.05) is 24.3 Å². The molecule has 0 saturated carbocycles. The Morgan fingerprint density at radius 3 is 2.52 bits per heavy atom. The molecule has 25 heavy (non-hydrogen) atoms. The number of piperidine rings is 1. The van der Waals surface area contributed by atoms with Gasteiger partial charge < -0.3 is 5.32 Å². The first kappa shape index (κ1) is 18.0. The third-order valence-electron chi connectivity index (χ3n) is 4.68. The molecule has 1 fully saturated rings. The van der Waals surface area contributed by atoms with E-state index in [0.717, 1.165) is 43.2 Å². The monoisotopic (exact) mass is 356 g/mol. The van der Waals surface area contributed by atoms with Crippen molar-refractivity contribution in [3.05, 3.63) is 64.2 Å². The predicted octanol–water partition coefficient (Wildman–Crippen LogP) is 4.81. The fraction of sp³-hybridized carbons (Fsp3) is 0.381. The van der Waals surface area contributed by atoms with Crippen molar-refractivity contribution in [1.29, 1.82) is 0 Å². The van der Waals surface area contributed by atoms with Crippen LogP contribution in [0.5, 0.6) is 0 Å². The molecule has 0 radical (unpaired) electrons. The number of halogens is 1. The van der Waals surface area contributed by atoms with Crippen LogP contribution in [-0.2, 0) is 11.3 Å². The number of carbonyl (C=O) groups excluding carboxylic acids is 1. The van der Waals surface area contributed by atoms with Crippen molar-refractivity contribution >= 4 is 23.2 Å². The van der Waals surface area contributed by atoms with Crippen LogP contribution in [-0.4, -0.2) is 23.9 Å². The molecule has 3 rings (SSSR count). The highest BCUT2D eigenvalue weighted by Gasteiger charge is 2.25. The van der Waals surface area contributed by atoms with E-state index in [4.69, 9.17) is 11.6 Å². The molecule has 2 aromatic rings. The van der Waals surface area contributed by atoms with Crippen LogP contribution in [0, 0.1) is 19.8 Å². The number of nitrogens with zero attached hydrogens (tertiary/aromatic N) is 1. The first-order valence-corrected chi connectivity index (χ1v) is 9.23. The largest absolute Gasteiger partial charge is 0.326 e. The van der Waals surface area contributed by atoms with Crippen molar-refractivity contribution in [3.63, 3.8) is 0 Å². The number of amides is 1. The van der Waals surface area contributed by atoms with Gasteiger partial charge in [0.2, 0.25) is 5.91 Å². The van der Waals surface area contributed by atoms with E-state index in [2.05, 4.69) is 42.3 Å². The highest BCUT2D eigenvalue weighted by atomic mass is 35.5. The maximum Gasteiger partial charge on any atom is 0.228 e. The minimum Gasteiger partial charge on any atom is -0.326 e. The quantitative estimate of drug-likeness (QED) is 0.852. The lowest BCUT2D eigenvalue weighted by atomic mass is 9.96. The summed E-state index contributed by atoms with van der Waals surface area (Å²) < 4.78 is 0. The van der Waals surface area contributed by atoms with Crippen molar-refractivity contribution in [3.8, 4) is 0 Å². The fourth-order valence-corrected chi connectivity index (χ4v) is 3.68. The highest BCUT2D eigenvalue weighted by molar-refractivity contribution is 6.30. The molecule has 4 heteroatoms. The molecular weight excluding hydrogens is 332 g/mol. The van der Waals surface area contributed by atoms with Crippen LogP contribution in [0.3, 0.4) is 0 Å². The minimum absolute atomic E-state index is 0.0434. The zero-order valence-electron chi connectivity index (χ0n) is 14.9. The van der Waals surface area contributed by atoms with Gasteiger partial charge in [-0.15, -0.1) is 0 Å². The van der Waals surface area contributed by atoms with Gasteiger partial charge in [-0.25, -0.2) is 0 Å². The lowest BCUT2D eigenvalue weighted by Gasteiger charge is -2.32. The standard InChI is InChI=1S/C21H25ClN2O/c1-15-10-16(2)12-20(11-15)23-21(25)18-4-3-9-24(14-18)13-17-5-7-19(22)8-6-17/h5-8,10-12,18H,3-4,9,13-14H2,1-2H3,(H,23,25)/t18-/m1/s1. The molecule has 1 N–H and O–H groups in total. The molecule has 0 unspecified atom stereocenters. The van der Waals surface area contributed by atoms with Gasteiger partial charge in [-0.2, -0.15) is 0 Å². The SMILES string of the molecule is Cc1cc(C)cc(NC(=O)[C@@H]2CCCN(Cc3ccc(Cl)cc3)C2)c1. The van der Waals surface area contributed by atoms with E-state index < -0.39 is 0 Å². The molecule has 0 aromatic heterocycles. The summed E-state index contributed by atoms with van der Waals surface area (Å²) >= 11 is 5.95. The minimum atomic E-state index is 0.0434. The number of aryl methyl sites for hydroxylation is 2. The van der Waals surface area contributed by atoms with Gasteiger partial charge in [-0.1, -0.05) is 29.8 Å². The van der Waals surface area contributed by atoms with Gasteiger partial charge in [-0.3, -0.25) is 9.69 Å². The van der Waals surface area contributed by atoms with E-state index in [0.29, 0.717) is 0 Å². The van der Waals surface area contributed by atoms with Crippen LogP contribution in [0.25, 0.3) is 0 Å². The van der Waals surface area contributed by atoms with Crippen LogP contribution in [0.15, 0.2) is 42.5 Å². The number of rotatable bonds is 4. The highest BCUT2D eigenvalue weighted by Crippen LogP contribution is 2.22. The first-order valence-electron chi connectivity index (χ1n) is 8.85. The Bertz CT molecular complexity index is 722. The molecule has 0 bridgehead atoms. The molecule has 1 heterocycles. The topological polar surface area (TPSA) is 32.3 Å². The van der Waals surface area contributed by atoms with E-state index in [1.165, 1.54) is 16.7 Å². The Morgan fingerprint density at radius 2 is 1.84 bits per heavy atom. The Hall–Kier alpha value is -1.84. The van der Waals surface area contributed by atoms with Crippen molar-refractivity contribution in [2.75, 3.05) is 18.4 Å². The predicted molar refractivity (Wildman–Crippen MR) is 104 cm³/mol. The van der Waals surface area contributed by atoms with Gasteiger partial charge in [0.15, 0.2) is 0 Å². The van der Waals surface area contributed by atoms with Crippen LogP contribution in [0.1, 0.15) is 29.5 Å². The lowest BCUT2D eigenvalue weighted by Crippen LogP contribution is -2.40. The van der Waals surface area contributed by atoms with Crippen molar-refractivity contribution in [2.45, 2.75) is 33.2 Å². The van der Waals surface area contributed by atoms with Crippen LogP contribution < -0.4 is 5.32 Å². The van der Waals surface area contributed by atoms with E-state index in [-0.39, 0.29) is 11.8 Å². The number of anilines is 1. The number of likely N-dealkylation sites (tertiary alicyclic amines) is 1. The lowest BCUT2D eigenvalue weighted by molar-refractivity contribution is -0.121. The fourth-order valence-electron chi connectivity index (χ4n) is 3.55. The Morgan fingerprint density at radius 1 is 1.16 bits per heavy atom. The molecule has 132 valence electrons. The average molecular weight is 357 g/mol. The van der Waals surface area contributed by atoms with Crippen LogP contribution >= 0.6 is 11.6 Å². The number of hydrogen-bond acceptors (Lipinski definition) is 2. The number of benzene rings is 2. The number of nitrogens with one attached hydrogen (secondary N) is 1. The van der Waals surface area contributed by atoms with Crippen molar-refractivity contribution < 1.29 is 4.79 Å². The van der Waals surface area contributed by atoms with Crippen molar-refractivity contribution in [2.24, 2.45) is 5.92 Å². The summed E-state index contributed by atoms with van der Waals surface area (Å²) in [5, 5.41) is 3.86. The van der Waals surface area contributed by atoms with Gasteiger partial charge in [0.25, 0.3) is 0 Å². The molecule has 3 nitrogen and oxygen atoms in total. The average Bonchev–Trinajstić information content (AvgIpc) is 2.56. The molecule has 1 atom stereocenters. The third-order valence-corrected chi connectivity index (χ3v) is 4.94. The van der Waals surface area contributed by atoms with E-state index in [1.54, 1.807) is 0 Å². The van der Waals surface area contributed by atoms with Crippen LogP contribution in [0.2, 0.25) is 5.02 Å². The molecule has 1 saturated heterocycles. The normalized spacial score (nSPS) is 18.1. The zero-order valence-corrected chi connectivity index (χ0v) is 15.6. The molecule has 1 aliphatic rings. The second-order valence-corrected chi connectivity index (χ2v) is 7.50. The van der Waals surface area contributed by atoms with Gasteiger partial charge in [0.1, 0.15) is 0 Å². The summed E-state index contributed by atoms with van der Waals surface area (Å²) in [6.07, 6.45) is 2.01. The summed E-state index contributed by atoms with van der Waals surface area (Å²) in [6, 6.07) is 14.1. The maximum atomic E-state index is 12.7. The first-order chi connectivity index (χ1) is 12.0. The molecular formula is C21H25ClN2O. The molecule has 1 aliphatic heterocycles. The smallest absolute Gasteiger partial charge is 0.228 e. The van der Waals surface area contributed by atoms with E-state index in [9.17, 15) is 4.79 Å². The van der Waals surface area contributed by atoms with Gasteiger partial charge in [0, 0.05) is 23.8 Å². The van der Waals surface area contributed by atoms with Crippen molar-refractivity contribution in [1.82, 2.24) is 4.90 Å². The Labute approximate surface area is 155 Å². The third kappa shape index (κ3) is 5.07. The summed E-state index contributed by atoms with van der Waals surface area (Å²) in [6.45, 7) is 6.81. The van der Waals surface area contributed by atoms with Crippen LogP contribution in [0.4, 0.5) is 5.69 Å². The Kier molecular flexibility index (Phi) is 5.77. The molecule has 1 amide bonds. The van der Waals surface area contributed by atoms with E-state index >= 15 is 0 Å². The number of hydrogen-bond donors (Lipinski definition) is 1. The summed E-state index contributed by atoms with van der Waals surface area (Å²) in [5.74, 6) is 0.174. The molecule has 2 aromatic carbocycles. The van der Waals surface area contributed by atoms with Gasteiger partial charge in [-0.05, 0) is 74.2 Å². The second-order valence-electron chi connectivity index (χ2n) is 7.07. The van der Waals surface area contributed by atoms with Gasteiger partial charge >= 0.3 is 0 Å². The summed E-state index contributed by atoms with van der Waals surface area (Å²) in [5.41, 5.74) is 4.48. The summed E-state index contributed by atoms with van der Waals surface area (Å²) in [4.78, 5) is 15.0. The molecule has 0 spiro atoms. The maximum absolute atomic E-state index is 12.7. The van der Waals surface area contributed by atoms with Gasteiger partial charge in [0.05, 0.1) is 5.92 Å². The second kappa shape index (κ2) is 8.03. The summed E-state index contributed by atoms with van der Waals surface area (Å²) in [7, 11) is 0. The molecule has 0 aliphatic carbocycles. The number of carbonyl (C=O) groups is 1. The zero-order chi connectivity index (χ0) is 17.8. The Balaban J connectivity index is 1.60.